The molecule has 1 aliphatic heterocycles. The number of carbonyl (C=O) groups is 1. The molecule has 0 fully saturated rings. The lowest BCUT2D eigenvalue weighted by molar-refractivity contribution is -0.116. The van der Waals surface area contributed by atoms with Crippen LogP contribution in [0.3, 0.4) is 0 Å². The Morgan fingerprint density at radius 2 is 2.10 bits per heavy atom. The minimum Gasteiger partial charge on any atom is -0.311 e. The van der Waals surface area contributed by atoms with E-state index in [9.17, 15) is 13.2 Å². The summed E-state index contributed by atoms with van der Waals surface area (Å²) in [6.07, 6.45) is 0.894. The smallest absolute Gasteiger partial charge is 0.240 e. The third-order valence-corrected chi connectivity index (χ3v) is 5.89. The number of carbonyl (C=O) groups excluding carboxylic acids is 1. The third-order valence-electron chi connectivity index (χ3n) is 3.09. The predicted molar refractivity (Wildman–Crippen MR) is 85.3 cm³/mol. The van der Waals surface area contributed by atoms with Crippen LogP contribution in [0.15, 0.2) is 28.0 Å². The second-order valence-electron chi connectivity index (χ2n) is 5.28. The Balaban J connectivity index is 2.47. The Bertz CT molecular complexity index is 642. The Labute approximate surface area is 130 Å². The van der Waals surface area contributed by atoms with Gasteiger partial charge in [0, 0.05) is 24.4 Å². The zero-order valence-electron chi connectivity index (χ0n) is 12.4. The lowest BCUT2D eigenvalue weighted by Crippen LogP contribution is -2.31. The average molecular weight is 328 g/mol. The lowest BCUT2D eigenvalue weighted by Gasteiger charge is -2.21. The summed E-state index contributed by atoms with van der Waals surface area (Å²) in [6.45, 7) is 5.68. The molecule has 1 aliphatic rings. The zero-order chi connectivity index (χ0) is 15.6. The van der Waals surface area contributed by atoms with Gasteiger partial charge in [-0.05, 0) is 44.2 Å². The maximum Gasteiger partial charge on any atom is 0.240 e. The molecule has 0 spiro atoms. The highest BCUT2D eigenvalue weighted by atomic mass is 32.2. The van der Waals surface area contributed by atoms with Crippen molar-refractivity contribution in [3.63, 3.8) is 0 Å². The van der Waals surface area contributed by atoms with Crippen LogP contribution in [0.2, 0.25) is 0 Å². The minimum atomic E-state index is -3.55. The number of amides is 1. The molecule has 2 rings (SSSR count). The van der Waals surface area contributed by atoms with Crippen LogP contribution in [0, 0.1) is 0 Å². The van der Waals surface area contributed by atoms with E-state index in [1.54, 1.807) is 48.7 Å². The van der Waals surface area contributed by atoms with E-state index in [0.717, 1.165) is 17.1 Å². The molecule has 1 aromatic carbocycles. The second kappa shape index (κ2) is 6.37. The number of benzene rings is 1. The summed E-state index contributed by atoms with van der Waals surface area (Å²) in [6, 6.07) is 4.81. The van der Waals surface area contributed by atoms with Crippen LogP contribution in [0.4, 0.5) is 5.69 Å². The molecule has 1 amide bonds. The Kier molecular flexibility index (Phi) is 4.95. The summed E-state index contributed by atoms with van der Waals surface area (Å²) in [4.78, 5) is 14.6. The third kappa shape index (κ3) is 3.78. The normalized spacial score (nSPS) is 15.7. The van der Waals surface area contributed by atoms with E-state index in [1.165, 1.54) is 6.92 Å². The van der Waals surface area contributed by atoms with Gasteiger partial charge in [-0.2, -0.15) is 0 Å². The van der Waals surface area contributed by atoms with Crippen molar-refractivity contribution in [1.82, 2.24) is 4.72 Å². The molecule has 0 aliphatic carbocycles. The van der Waals surface area contributed by atoms with Crippen LogP contribution in [0.25, 0.3) is 0 Å². The molecule has 0 saturated carbocycles. The first-order chi connectivity index (χ1) is 9.81. The van der Waals surface area contributed by atoms with Gasteiger partial charge in [0.15, 0.2) is 0 Å². The van der Waals surface area contributed by atoms with Crippen molar-refractivity contribution in [2.75, 3.05) is 17.2 Å². The van der Waals surface area contributed by atoms with Crippen LogP contribution in [0.1, 0.15) is 27.2 Å². The minimum absolute atomic E-state index is 0.0647. The fourth-order valence-corrected chi connectivity index (χ4v) is 4.47. The Morgan fingerprint density at radius 3 is 2.71 bits per heavy atom. The standard InChI is InChI=1S/C14H20N2O3S2/c1-10(2)15-21(18,19)12-5-6-14-13(9-12)16(11(3)17)7-4-8-20-14/h5-6,9-10,15H,4,7-8H2,1-3H3. The van der Waals surface area contributed by atoms with E-state index >= 15 is 0 Å². The molecule has 1 N–H and O–H groups in total. The molecular formula is C14H20N2O3S2. The molecule has 0 aromatic heterocycles. The second-order valence-corrected chi connectivity index (χ2v) is 8.13. The molecular weight excluding hydrogens is 308 g/mol. The van der Waals surface area contributed by atoms with Gasteiger partial charge in [0.2, 0.25) is 15.9 Å². The number of nitrogens with one attached hydrogen (secondary N) is 1. The van der Waals surface area contributed by atoms with Crippen molar-refractivity contribution in [1.29, 1.82) is 0 Å². The van der Waals surface area contributed by atoms with Crippen molar-refractivity contribution in [3.8, 4) is 0 Å². The van der Waals surface area contributed by atoms with Gasteiger partial charge in [0.05, 0.1) is 10.6 Å². The molecule has 116 valence electrons. The molecule has 1 aromatic rings. The van der Waals surface area contributed by atoms with E-state index in [-0.39, 0.29) is 16.8 Å². The summed E-state index contributed by atoms with van der Waals surface area (Å²) in [5.74, 6) is 0.859. The molecule has 0 unspecified atom stereocenters. The van der Waals surface area contributed by atoms with Crippen molar-refractivity contribution in [3.05, 3.63) is 18.2 Å². The van der Waals surface area contributed by atoms with Crippen molar-refractivity contribution in [2.45, 2.75) is 43.0 Å². The first kappa shape index (κ1) is 16.3. The molecule has 5 nitrogen and oxygen atoms in total. The van der Waals surface area contributed by atoms with E-state index in [0.29, 0.717) is 12.2 Å². The monoisotopic (exact) mass is 328 g/mol. The van der Waals surface area contributed by atoms with Gasteiger partial charge in [-0.25, -0.2) is 13.1 Å². The summed E-state index contributed by atoms with van der Waals surface area (Å²) >= 11 is 1.65. The van der Waals surface area contributed by atoms with Gasteiger partial charge in [-0.1, -0.05) is 0 Å². The van der Waals surface area contributed by atoms with Gasteiger partial charge < -0.3 is 4.90 Å². The van der Waals surface area contributed by atoms with E-state index in [1.807, 2.05) is 0 Å². The number of nitrogens with zero attached hydrogens (tertiary/aromatic N) is 1. The number of fused-ring (bicyclic) bond motifs is 1. The number of hydrogen-bond acceptors (Lipinski definition) is 4. The fourth-order valence-electron chi connectivity index (χ4n) is 2.23. The molecule has 0 atom stereocenters. The summed E-state index contributed by atoms with van der Waals surface area (Å²) in [7, 11) is -3.55. The number of anilines is 1. The SMILES string of the molecule is CC(=O)N1CCCSc2ccc(S(=O)(=O)NC(C)C)cc21. The van der Waals surface area contributed by atoms with E-state index in [4.69, 9.17) is 0 Å². The maximum absolute atomic E-state index is 12.3. The quantitative estimate of drug-likeness (QED) is 0.924. The van der Waals surface area contributed by atoms with E-state index in [2.05, 4.69) is 4.72 Å². The van der Waals surface area contributed by atoms with Gasteiger partial charge >= 0.3 is 0 Å². The molecule has 0 saturated heterocycles. The molecule has 0 bridgehead atoms. The number of sulfonamides is 1. The number of rotatable bonds is 3. The molecule has 1 heterocycles. The van der Waals surface area contributed by atoms with Crippen molar-refractivity contribution in [2.24, 2.45) is 0 Å². The van der Waals surface area contributed by atoms with Crippen LogP contribution in [-0.4, -0.2) is 32.7 Å². The summed E-state index contributed by atoms with van der Waals surface area (Å²) < 4.78 is 27.1. The summed E-state index contributed by atoms with van der Waals surface area (Å²) in [5.41, 5.74) is 0.691. The van der Waals surface area contributed by atoms with Gasteiger partial charge in [-0.15, -0.1) is 11.8 Å². The average Bonchev–Trinajstić information content (AvgIpc) is 2.58. The highest BCUT2D eigenvalue weighted by Gasteiger charge is 2.23. The first-order valence-corrected chi connectivity index (χ1v) is 9.35. The summed E-state index contributed by atoms with van der Waals surface area (Å²) in [5, 5.41) is 0. The maximum atomic E-state index is 12.3. The Hall–Kier alpha value is -1.05. The van der Waals surface area contributed by atoms with E-state index < -0.39 is 10.0 Å². The topological polar surface area (TPSA) is 66.5 Å². The highest BCUT2D eigenvalue weighted by Crippen LogP contribution is 2.35. The highest BCUT2D eigenvalue weighted by molar-refractivity contribution is 7.99. The lowest BCUT2D eigenvalue weighted by atomic mass is 10.2. The number of hydrogen-bond donors (Lipinski definition) is 1. The Morgan fingerprint density at radius 1 is 1.38 bits per heavy atom. The van der Waals surface area contributed by atoms with Crippen LogP contribution in [0.5, 0.6) is 0 Å². The fraction of sp³-hybridized carbons (Fsp3) is 0.500. The number of thioether (sulfide) groups is 1. The molecule has 7 heteroatoms. The van der Waals surface area contributed by atoms with Crippen molar-refractivity contribution < 1.29 is 13.2 Å². The predicted octanol–water partition coefficient (Wildman–Crippen LogP) is 2.22. The van der Waals surface area contributed by atoms with Crippen molar-refractivity contribution >= 4 is 33.4 Å². The van der Waals surface area contributed by atoms with Gasteiger partial charge in [-0.3, -0.25) is 4.79 Å². The largest absolute Gasteiger partial charge is 0.311 e. The first-order valence-electron chi connectivity index (χ1n) is 6.88. The van der Waals surface area contributed by atoms with Crippen LogP contribution < -0.4 is 9.62 Å². The zero-order valence-corrected chi connectivity index (χ0v) is 14.1. The molecule has 21 heavy (non-hydrogen) atoms. The van der Waals surface area contributed by atoms with Gasteiger partial charge in [0.1, 0.15) is 0 Å². The molecule has 0 radical (unpaired) electrons. The van der Waals surface area contributed by atoms with Gasteiger partial charge in [0.25, 0.3) is 0 Å². The van der Waals surface area contributed by atoms with Crippen LogP contribution in [-0.2, 0) is 14.8 Å². The van der Waals surface area contributed by atoms with Crippen LogP contribution >= 0.6 is 11.8 Å².